The largest absolute Gasteiger partial charge is 0.497 e. The van der Waals surface area contributed by atoms with Gasteiger partial charge in [0.1, 0.15) is 5.75 Å². The molecule has 1 aromatic heterocycles. The minimum Gasteiger partial charge on any atom is -0.497 e. The van der Waals surface area contributed by atoms with Crippen LogP contribution in [0, 0.1) is 0 Å². The van der Waals surface area contributed by atoms with Crippen LogP contribution >= 0.6 is 0 Å². The van der Waals surface area contributed by atoms with Crippen LogP contribution in [0.25, 0.3) is 16.9 Å². The van der Waals surface area contributed by atoms with Crippen molar-refractivity contribution in [1.29, 1.82) is 0 Å². The SMILES string of the molecule is COc1ccc(-n2[nH]c(-c3ccccc3)c(C(C)=NC3Cc4ccccc4C3)c2=O)cc1. The summed E-state index contributed by atoms with van der Waals surface area (Å²) in [5.41, 5.74) is 6.45. The number of nitrogens with zero attached hydrogens (tertiary/aromatic N) is 2. The number of benzene rings is 3. The van der Waals surface area contributed by atoms with Crippen molar-refractivity contribution in [2.45, 2.75) is 25.8 Å². The van der Waals surface area contributed by atoms with Crippen molar-refractivity contribution in [3.8, 4) is 22.7 Å². The fourth-order valence-corrected chi connectivity index (χ4v) is 4.47. The Balaban J connectivity index is 1.59. The molecule has 5 nitrogen and oxygen atoms in total. The summed E-state index contributed by atoms with van der Waals surface area (Å²) < 4.78 is 6.84. The summed E-state index contributed by atoms with van der Waals surface area (Å²) in [4.78, 5) is 18.6. The van der Waals surface area contributed by atoms with Crippen LogP contribution in [0.4, 0.5) is 0 Å². The van der Waals surface area contributed by atoms with Gasteiger partial charge in [0.15, 0.2) is 0 Å². The Morgan fingerprint density at radius 1 is 0.938 bits per heavy atom. The van der Waals surface area contributed by atoms with Gasteiger partial charge >= 0.3 is 0 Å². The molecule has 5 heteroatoms. The van der Waals surface area contributed by atoms with Gasteiger partial charge in [0.05, 0.1) is 30.1 Å². The second kappa shape index (κ2) is 8.35. The van der Waals surface area contributed by atoms with E-state index in [4.69, 9.17) is 9.73 Å². The van der Waals surface area contributed by atoms with Crippen LogP contribution in [-0.2, 0) is 12.8 Å². The monoisotopic (exact) mass is 423 g/mol. The Kier molecular flexibility index (Phi) is 5.23. The standard InChI is InChI=1S/C27H25N3O2/c1-18(28-22-16-20-10-6-7-11-21(20)17-22)25-26(19-8-4-3-5-9-19)29-30(27(25)31)23-12-14-24(32-2)15-13-23/h3-15,22,29H,16-17H2,1-2H3. The van der Waals surface area contributed by atoms with Crippen LogP contribution in [0.15, 0.2) is 88.6 Å². The molecule has 0 amide bonds. The molecule has 3 aromatic carbocycles. The number of aromatic nitrogens is 2. The number of H-pyrrole nitrogens is 1. The predicted molar refractivity (Wildman–Crippen MR) is 128 cm³/mol. The quantitative estimate of drug-likeness (QED) is 0.468. The van der Waals surface area contributed by atoms with E-state index in [-0.39, 0.29) is 11.6 Å². The average molecular weight is 424 g/mol. The number of fused-ring (bicyclic) bond motifs is 1. The summed E-state index contributed by atoms with van der Waals surface area (Å²) in [5, 5.41) is 3.33. The molecule has 5 rings (SSSR count). The first-order valence-electron chi connectivity index (χ1n) is 10.8. The Morgan fingerprint density at radius 2 is 1.56 bits per heavy atom. The normalized spacial score (nSPS) is 13.9. The van der Waals surface area contributed by atoms with Crippen molar-refractivity contribution in [3.05, 3.63) is 106 Å². The van der Waals surface area contributed by atoms with Crippen molar-refractivity contribution >= 4 is 5.71 Å². The maximum atomic E-state index is 13.6. The zero-order valence-corrected chi connectivity index (χ0v) is 18.2. The van der Waals surface area contributed by atoms with E-state index in [1.54, 1.807) is 11.8 Å². The van der Waals surface area contributed by atoms with E-state index in [2.05, 4.69) is 29.4 Å². The predicted octanol–water partition coefficient (Wildman–Crippen LogP) is 4.82. The molecule has 4 aromatic rings. The van der Waals surface area contributed by atoms with Gasteiger partial charge in [-0.05, 0) is 55.2 Å². The second-order valence-electron chi connectivity index (χ2n) is 8.11. The van der Waals surface area contributed by atoms with Gasteiger partial charge in [-0.3, -0.25) is 14.9 Å². The Hall–Kier alpha value is -3.86. The molecule has 32 heavy (non-hydrogen) atoms. The lowest BCUT2D eigenvalue weighted by molar-refractivity contribution is 0.414. The molecule has 0 bridgehead atoms. The van der Waals surface area contributed by atoms with Crippen molar-refractivity contribution in [1.82, 2.24) is 9.78 Å². The van der Waals surface area contributed by atoms with Gasteiger partial charge in [-0.25, -0.2) is 4.68 Å². The van der Waals surface area contributed by atoms with Crippen LogP contribution in [0.3, 0.4) is 0 Å². The highest BCUT2D eigenvalue weighted by molar-refractivity contribution is 6.03. The maximum absolute atomic E-state index is 13.6. The molecule has 0 fully saturated rings. The number of hydrogen-bond acceptors (Lipinski definition) is 3. The van der Waals surface area contributed by atoms with Gasteiger partial charge in [0.25, 0.3) is 5.56 Å². The summed E-state index contributed by atoms with van der Waals surface area (Å²) >= 11 is 0. The number of rotatable bonds is 5. The zero-order chi connectivity index (χ0) is 22.1. The summed E-state index contributed by atoms with van der Waals surface area (Å²) in [5.74, 6) is 0.746. The number of hydrogen-bond donors (Lipinski definition) is 1. The molecule has 1 aliphatic rings. The van der Waals surface area contributed by atoms with E-state index < -0.39 is 0 Å². The number of ether oxygens (including phenoxy) is 1. The van der Waals surface area contributed by atoms with Gasteiger partial charge in [-0.2, -0.15) is 0 Å². The number of nitrogens with one attached hydrogen (secondary N) is 1. The van der Waals surface area contributed by atoms with E-state index in [9.17, 15) is 4.79 Å². The van der Waals surface area contributed by atoms with E-state index in [0.29, 0.717) is 5.56 Å². The maximum Gasteiger partial charge on any atom is 0.280 e. The molecule has 0 saturated heterocycles. The van der Waals surface area contributed by atoms with E-state index in [0.717, 1.165) is 41.2 Å². The number of aliphatic imine (C=N–C) groups is 1. The molecule has 1 N–H and O–H groups in total. The van der Waals surface area contributed by atoms with Crippen LogP contribution in [0.2, 0.25) is 0 Å². The Bertz CT molecular complexity index is 1310. The summed E-state index contributed by atoms with van der Waals surface area (Å²) in [6.07, 6.45) is 1.82. The highest BCUT2D eigenvalue weighted by Gasteiger charge is 2.23. The smallest absolute Gasteiger partial charge is 0.280 e. The summed E-state index contributed by atoms with van der Waals surface area (Å²) in [7, 11) is 1.63. The van der Waals surface area contributed by atoms with Crippen molar-refractivity contribution in [2.24, 2.45) is 4.99 Å². The molecule has 1 heterocycles. The molecule has 0 unspecified atom stereocenters. The lowest BCUT2D eigenvalue weighted by Crippen LogP contribution is -2.20. The molecular formula is C27H25N3O2. The van der Waals surface area contributed by atoms with Crippen LogP contribution in [-0.4, -0.2) is 28.6 Å². The zero-order valence-electron chi connectivity index (χ0n) is 18.2. The van der Waals surface area contributed by atoms with Crippen LogP contribution in [0.5, 0.6) is 5.75 Å². The van der Waals surface area contributed by atoms with Gasteiger partial charge < -0.3 is 4.74 Å². The molecule has 0 saturated carbocycles. The van der Waals surface area contributed by atoms with Crippen molar-refractivity contribution in [2.75, 3.05) is 7.11 Å². The topological polar surface area (TPSA) is 59.4 Å². The lowest BCUT2D eigenvalue weighted by Gasteiger charge is -2.06. The van der Waals surface area contributed by atoms with Crippen molar-refractivity contribution < 1.29 is 4.74 Å². The fraction of sp³-hybridized carbons (Fsp3) is 0.185. The number of aromatic amines is 1. The Labute approximate surface area is 187 Å². The molecule has 160 valence electrons. The first kappa shape index (κ1) is 20.1. The fourth-order valence-electron chi connectivity index (χ4n) is 4.47. The molecular weight excluding hydrogens is 398 g/mol. The van der Waals surface area contributed by atoms with Gasteiger partial charge in [0.2, 0.25) is 0 Å². The molecule has 0 radical (unpaired) electrons. The third kappa shape index (κ3) is 3.66. The van der Waals surface area contributed by atoms with E-state index in [1.165, 1.54) is 11.1 Å². The second-order valence-corrected chi connectivity index (χ2v) is 8.11. The van der Waals surface area contributed by atoms with E-state index >= 15 is 0 Å². The highest BCUT2D eigenvalue weighted by atomic mass is 16.5. The first-order chi connectivity index (χ1) is 15.6. The third-order valence-corrected chi connectivity index (χ3v) is 6.05. The van der Waals surface area contributed by atoms with Gasteiger partial charge in [0, 0.05) is 11.3 Å². The van der Waals surface area contributed by atoms with Crippen LogP contribution in [0.1, 0.15) is 23.6 Å². The molecule has 0 spiro atoms. The molecule has 0 aliphatic heterocycles. The summed E-state index contributed by atoms with van der Waals surface area (Å²) in [6, 6.07) is 26.0. The molecule has 0 atom stereocenters. The lowest BCUT2D eigenvalue weighted by atomic mass is 10.0. The minimum atomic E-state index is -0.106. The first-order valence-corrected chi connectivity index (χ1v) is 10.8. The number of methoxy groups -OCH3 is 1. The van der Waals surface area contributed by atoms with Crippen molar-refractivity contribution in [3.63, 3.8) is 0 Å². The van der Waals surface area contributed by atoms with Crippen LogP contribution < -0.4 is 10.3 Å². The van der Waals surface area contributed by atoms with Gasteiger partial charge in [-0.1, -0.05) is 54.6 Å². The van der Waals surface area contributed by atoms with E-state index in [1.807, 2.05) is 61.5 Å². The summed E-state index contributed by atoms with van der Waals surface area (Å²) in [6.45, 7) is 1.94. The van der Waals surface area contributed by atoms with Gasteiger partial charge in [-0.15, -0.1) is 0 Å². The minimum absolute atomic E-state index is 0.106. The highest BCUT2D eigenvalue weighted by Crippen LogP contribution is 2.26. The average Bonchev–Trinajstić information content (AvgIpc) is 3.40. The Morgan fingerprint density at radius 3 is 2.19 bits per heavy atom. The molecule has 1 aliphatic carbocycles. The third-order valence-electron chi connectivity index (χ3n) is 6.05.